The van der Waals surface area contributed by atoms with Gasteiger partial charge in [-0.05, 0) is 49.1 Å². The maximum Gasteiger partial charge on any atom is 0.122 e. The zero-order valence-electron chi connectivity index (χ0n) is 12.0. The van der Waals surface area contributed by atoms with Gasteiger partial charge in [-0.1, -0.05) is 32.4 Å². The van der Waals surface area contributed by atoms with Crippen LogP contribution in [0, 0.1) is 5.41 Å². The monoisotopic (exact) mass is 269 g/mol. The van der Waals surface area contributed by atoms with Crippen LogP contribution in [-0.4, -0.2) is 20.2 Å². The first-order chi connectivity index (χ1) is 8.44. The van der Waals surface area contributed by atoms with Crippen LogP contribution in [-0.2, 0) is 6.42 Å². The predicted molar refractivity (Wildman–Crippen MR) is 78.6 cm³/mol. The molecule has 0 radical (unpaired) electrons. The molecule has 0 saturated heterocycles. The molecule has 0 spiro atoms. The van der Waals surface area contributed by atoms with Crippen molar-refractivity contribution in [3.8, 4) is 5.75 Å². The van der Waals surface area contributed by atoms with Crippen LogP contribution in [0.15, 0.2) is 18.2 Å². The first kappa shape index (κ1) is 15.3. The number of likely N-dealkylation sites (N-methyl/N-ethyl adjacent to an activating group) is 1. The molecule has 0 saturated carbocycles. The summed E-state index contributed by atoms with van der Waals surface area (Å²) in [6, 6.07) is 6.19. The Morgan fingerprint density at radius 2 is 2.06 bits per heavy atom. The molecule has 18 heavy (non-hydrogen) atoms. The van der Waals surface area contributed by atoms with Crippen molar-refractivity contribution in [2.75, 3.05) is 14.2 Å². The van der Waals surface area contributed by atoms with E-state index in [2.05, 4.69) is 26.1 Å². The minimum Gasteiger partial charge on any atom is -0.496 e. The summed E-state index contributed by atoms with van der Waals surface area (Å²) < 4.78 is 5.41. The summed E-state index contributed by atoms with van der Waals surface area (Å²) in [5.74, 6) is 0.909. The Morgan fingerprint density at radius 3 is 2.56 bits per heavy atom. The lowest BCUT2D eigenvalue weighted by atomic mass is 9.79. The maximum absolute atomic E-state index is 6.07. The first-order valence-electron chi connectivity index (χ1n) is 6.44. The van der Waals surface area contributed by atoms with Crippen LogP contribution in [0.1, 0.15) is 32.8 Å². The zero-order chi connectivity index (χ0) is 13.8. The highest BCUT2D eigenvalue weighted by atomic mass is 35.5. The highest BCUT2D eigenvalue weighted by Gasteiger charge is 2.27. The lowest BCUT2D eigenvalue weighted by Gasteiger charge is -2.33. The third-order valence-electron chi connectivity index (χ3n) is 3.87. The minimum atomic E-state index is 0.238. The van der Waals surface area contributed by atoms with Crippen molar-refractivity contribution < 1.29 is 4.74 Å². The van der Waals surface area contributed by atoms with Gasteiger partial charge in [0.25, 0.3) is 0 Å². The van der Waals surface area contributed by atoms with Gasteiger partial charge in [0.15, 0.2) is 0 Å². The maximum atomic E-state index is 6.07. The Bertz CT molecular complexity index is 390. The molecular weight excluding hydrogens is 246 g/mol. The van der Waals surface area contributed by atoms with E-state index < -0.39 is 0 Å². The molecule has 0 bridgehead atoms. The van der Waals surface area contributed by atoms with Crippen molar-refractivity contribution >= 4 is 11.6 Å². The molecule has 0 aliphatic heterocycles. The fourth-order valence-electron chi connectivity index (χ4n) is 2.14. The number of halogens is 1. The summed E-state index contributed by atoms with van der Waals surface area (Å²) in [6.45, 7) is 6.79. The van der Waals surface area contributed by atoms with E-state index in [4.69, 9.17) is 16.3 Å². The quantitative estimate of drug-likeness (QED) is 0.845. The van der Waals surface area contributed by atoms with Crippen LogP contribution in [0.5, 0.6) is 5.75 Å². The van der Waals surface area contributed by atoms with Crippen LogP contribution >= 0.6 is 11.6 Å². The molecule has 0 aromatic heterocycles. The largest absolute Gasteiger partial charge is 0.496 e. The molecule has 2 nitrogen and oxygen atoms in total. The summed E-state index contributed by atoms with van der Waals surface area (Å²) in [7, 11) is 3.71. The number of methoxy groups -OCH3 is 1. The van der Waals surface area contributed by atoms with E-state index in [0.717, 1.165) is 29.2 Å². The second-order valence-electron chi connectivity index (χ2n) is 5.34. The highest BCUT2D eigenvalue weighted by Crippen LogP contribution is 2.31. The van der Waals surface area contributed by atoms with Crippen molar-refractivity contribution in [1.29, 1.82) is 0 Å². The molecule has 0 amide bonds. The second kappa shape index (κ2) is 6.44. The van der Waals surface area contributed by atoms with Crippen LogP contribution < -0.4 is 10.1 Å². The zero-order valence-corrected chi connectivity index (χ0v) is 12.8. The Morgan fingerprint density at radius 1 is 1.39 bits per heavy atom. The lowest BCUT2D eigenvalue weighted by molar-refractivity contribution is 0.239. The van der Waals surface area contributed by atoms with E-state index in [-0.39, 0.29) is 5.41 Å². The molecule has 3 heteroatoms. The summed E-state index contributed by atoms with van der Waals surface area (Å²) in [5.41, 5.74) is 1.40. The van der Waals surface area contributed by atoms with Gasteiger partial charge in [-0.25, -0.2) is 0 Å². The van der Waals surface area contributed by atoms with Crippen molar-refractivity contribution in [3.05, 3.63) is 28.8 Å². The Balaban J connectivity index is 2.97. The molecule has 1 atom stereocenters. The molecule has 1 aromatic rings. The summed E-state index contributed by atoms with van der Waals surface area (Å²) in [5, 5.41) is 4.17. The van der Waals surface area contributed by atoms with E-state index in [1.54, 1.807) is 7.11 Å². The fourth-order valence-corrected chi connectivity index (χ4v) is 2.34. The van der Waals surface area contributed by atoms with E-state index >= 15 is 0 Å². The second-order valence-corrected chi connectivity index (χ2v) is 5.78. The van der Waals surface area contributed by atoms with E-state index in [0.29, 0.717) is 6.04 Å². The SMILES string of the molecule is CCC(C)(C)C(Cc1cc(Cl)ccc1OC)NC. The fraction of sp³-hybridized carbons (Fsp3) is 0.600. The van der Waals surface area contributed by atoms with Gasteiger partial charge in [-0.2, -0.15) is 0 Å². The van der Waals surface area contributed by atoms with Gasteiger partial charge in [0.2, 0.25) is 0 Å². The van der Waals surface area contributed by atoms with Gasteiger partial charge in [0, 0.05) is 11.1 Å². The average Bonchev–Trinajstić information content (AvgIpc) is 2.35. The predicted octanol–water partition coefficient (Wildman–Crippen LogP) is 3.92. The van der Waals surface area contributed by atoms with Crippen LogP contribution in [0.3, 0.4) is 0 Å². The number of nitrogens with one attached hydrogen (secondary N) is 1. The first-order valence-corrected chi connectivity index (χ1v) is 6.82. The average molecular weight is 270 g/mol. The molecule has 0 fully saturated rings. The Labute approximate surface area is 116 Å². The third kappa shape index (κ3) is 3.63. The number of benzene rings is 1. The lowest BCUT2D eigenvalue weighted by Crippen LogP contribution is -2.41. The van der Waals surface area contributed by atoms with Crippen molar-refractivity contribution in [2.45, 2.75) is 39.7 Å². The smallest absolute Gasteiger partial charge is 0.122 e. The number of rotatable bonds is 6. The summed E-state index contributed by atoms with van der Waals surface area (Å²) in [6.07, 6.45) is 2.04. The van der Waals surface area contributed by atoms with E-state index in [9.17, 15) is 0 Å². The normalized spacial score (nSPS) is 13.4. The van der Waals surface area contributed by atoms with Gasteiger partial charge in [0.05, 0.1) is 7.11 Å². The number of hydrogen-bond donors (Lipinski definition) is 1. The standard InChI is InChI=1S/C15H24ClNO/c1-6-15(2,3)14(17-4)10-11-9-12(16)7-8-13(11)18-5/h7-9,14,17H,6,10H2,1-5H3. The van der Waals surface area contributed by atoms with Gasteiger partial charge < -0.3 is 10.1 Å². The van der Waals surface area contributed by atoms with Crippen molar-refractivity contribution in [2.24, 2.45) is 5.41 Å². The molecule has 0 heterocycles. The van der Waals surface area contributed by atoms with Crippen molar-refractivity contribution in [1.82, 2.24) is 5.32 Å². The minimum absolute atomic E-state index is 0.238. The number of hydrogen-bond acceptors (Lipinski definition) is 2. The third-order valence-corrected chi connectivity index (χ3v) is 4.10. The Kier molecular flexibility index (Phi) is 5.48. The van der Waals surface area contributed by atoms with Gasteiger partial charge in [-0.15, -0.1) is 0 Å². The highest BCUT2D eigenvalue weighted by molar-refractivity contribution is 6.30. The van der Waals surface area contributed by atoms with Crippen LogP contribution in [0.4, 0.5) is 0 Å². The molecule has 1 rings (SSSR count). The van der Waals surface area contributed by atoms with Crippen LogP contribution in [0.25, 0.3) is 0 Å². The molecule has 1 aromatic carbocycles. The molecule has 1 N–H and O–H groups in total. The van der Waals surface area contributed by atoms with Crippen molar-refractivity contribution in [3.63, 3.8) is 0 Å². The molecule has 102 valence electrons. The Hall–Kier alpha value is -0.730. The number of ether oxygens (including phenoxy) is 1. The van der Waals surface area contributed by atoms with E-state index in [1.807, 2.05) is 25.2 Å². The molecule has 0 aliphatic rings. The van der Waals surface area contributed by atoms with Gasteiger partial charge in [0.1, 0.15) is 5.75 Å². The molecular formula is C15H24ClNO. The molecule has 0 aliphatic carbocycles. The van der Waals surface area contributed by atoms with Crippen LogP contribution in [0.2, 0.25) is 5.02 Å². The summed E-state index contributed by atoms with van der Waals surface area (Å²) in [4.78, 5) is 0. The summed E-state index contributed by atoms with van der Waals surface area (Å²) >= 11 is 6.07. The van der Waals surface area contributed by atoms with Gasteiger partial charge in [-0.3, -0.25) is 0 Å². The van der Waals surface area contributed by atoms with Gasteiger partial charge >= 0.3 is 0 Å². The topological polar surface area (TPSA) is 21.3 Å². The molecule has 1 unspecified atom stereocenters. The van der Waals surface area contributed by atoms with E-state index in [1.165, 1.54) is 0 Å².